The van der Waals surface area contributed by atoms with E-state index >= 15 is 0 Å². The molecule has 0 spiro atoms. The van der Waals surface area contributed by atoms with Crippen LogP contribution in [-0.2, 0) is 0 Å². The van der Waals surface area contributed by atoms with Crippen LogP contribution in [0.2, 0.25) is 0 Å². The van der Waals surface area contributed by atoms with Crippen LogP contribution in [0.1, 0.15) is 25.3 Å². The predicted molar refractivity (Wildman–Crippen MR) is 113 cm³/mol. The fraction of sp³-hybridized carbons (Fsp3) is 0.238. The van der Waals surface area contributed by atoms with Crippen molar-refractivity contribution in [3.05, 3.63) is 54.7 Å². The molecule has 2 N–H and O–H groups in total. The number of nitriles is 1. The van der Waals surface area contributed by atoms with Gasteiger partial charge in [-0.15, -0.1) is 0 Å². The van der Waals surface area contributed by atoms with E-state index in [0.29, 0.717) is 28.5 Å². The maximum atomic E-state index is 13.2. The van der Waals surface area contributed by atoms with Crippen molar-refractivity contribution in [3.63, 3.8) is 0 Å². The van der Waals surface area contributed by atoms with E-state index in [1.54, 1.807) is 29.4 Å². The van der Waals surface area contributed by atoms with Crippen LogP contribution < -0.4 is 15.5 Å². The first-order valence-electron chi connectivity index (χ1n) is 9.62. The van der Waals surface area contributed by atoms with Gasteiger partial charge < -0.3 is 5.32 Å². The van der Waals surface area contributed by atoms with Crippen molar-refractivity contribution in [2.75, 3.05) is 22.1 Å². The zero-order valence-corrected chi connectivity index (χ0v) is 16.4. The topological polar surface area (TPSA) is 120 Å². The Bertz CT molecular complexity index is 1100. The van der Waals surface area contributed by atoms with Crippen molar-refractivity contribution in [3.8, 4) is 17.3 Å². The van der Waals surface area contributed by atoms with Crippen molar-refractivity contribution >= 4 is 23.4 Å². The molecule has 0 radical (unpaired) electrons. The van der Waals surface area contributed by atoms with E-state index in [0.717, 1.165) is 25.1 Å². The number of rotatable bonds is 2. The molecule has 30 heavy (non-hydrogen) atoms. The van der Waals surface area contributed by atoms with Crippen molar-refractivity contribution in [1.82, 2.24) is 19.9 Å². The number of carbonyl (C=O) groups excluding carboxylic acids is 1. The number of pyridine rings is 2. The first-order chi connectivity index (χ1) is 14.7. The van der Waals surface area contributed by atoms with E-state index in [9.17, 15) is 4.79 Å². The number of anilines is 3. The summed E-state index contributed by atoms with van der Waals surface area (Å²) in [7, 11) is 0. The highest BCUT2D eigenvalue weighted by Crippen LogP contribution is 2.32. The van der Waals surface area contributed by atoms with Crippen LogP contribution in [0.4, 0.5) is 22.1 Å². The van der Waals surface area contributed by atoms with E-state index in [1.807, 2.05) is 19.1 Å². The normalized spacial score (nSPS) is 15.7. The molecule has 4 heterocycles. The van der Waals surface area contributed by atoms with Gasteiger partial charge >= 0.3 is 6.03 Å². The summed E-state index contributed by atoms with van der Waals surface area (Å²) < 4.78 is 0. The molecule has 2 amide bonds. The molecule has 4 rings (SSSR count). The monoisotopic (exact) mass is 400 g/mol. The van der Waals surface area contributed by atoms with Gasteiger partial charge in [0.1, 0.15) is 18.2 Å². The molecule has 1 atom stereocenters. The molecular weight excluding hydrogens is 380 g/mol. The highest BCUT2D eigenvalue weighted by atomic mass is 16.2. The average molecular weight is 400 g/mol. The Morgan fingerprint density at radius 2 is 2.20 bits per heavy atom. The second kappa shape index (κ2) is 8.53. The molecule has 3 aromatic heterocycles. The standard InChI is InChI=1S/C21H20N8O/c1-14-3-2-7-25-18-5-4-17(16-9-15(10-22)11-24-12-16)27-20(18)29(14)21(30)28-19-6-8-23-13-26-19/h4-6,8-9,11-14,25H,2-3,7H2,1H3,(H,23,26,28,30)/t14-/m1/s1. The second-order valence-electron chi connectivity index (χ2n) is 6.95. The van der Waals surface area contributed by atoms with E-state index in [4.69, 9.17) is 10.2 Å². The van der Waals surface area contributed by atoms with Gasteiger partial charge in [0.2, 0.25) is 0 Å². The number of carbonyl (C=O) groups is 1. The number of amides is 2. The third kappa shape index (κ3) is 4.03. The lowest BCUT2D eigenvalue weighted by molar-refractivity contribution is 0.254. The molecule has 0 aliphatic carbocycles. The Balaban J connectivity index is 1.75. The lowest BCUT2D eigenvalue weighted by atomic mass is 10.1. The zero-order chi connectivity index (χ0) is 20.9. The van der Waals surface area contributed by atoms with Crippen molar-refractivity contribution in [1.29, 1.82) is 5.26 Å². The van der Waals surface area contributed by atoms with Gasteiger partial charge in [-0.1, -0.05) is 0 Å². The largest absolute Gasteiger partial charge is 0.382 e. The molecule has 0 aromatic carbocycles. The smallest absolute Gasteiger partial charge is 0.328 e. The number of urea groups is 1. The zero-order valence-electron chi connectivity index (χ0n) is 16.4. The molecular formula is C21H20N8O. The van der Waals surface area contributed by atoms with Crippen molar-refractivity contribution in [2.45, 2.75) is 25.8 Å². The van der Waals surface area contributed by atoms with Crippen LogP contribution in [-0.4, -0.2) is 38.6 Å². The summed E-state index contributed by atoms with van der Waals surface area (Å²) in [5, 5.41) is 15.3. The minimum absolute atomic E-state index is 0.0704. The van der Waals surface area contributed by atoms with Crippen LogP contribution in [0, 0.1) is 11.3 Å². The highest BCUT2D eigenvalue weighted by molar-refractivity contribution is 6.03. The fourth-order valence-electron chi connectivity index (χ4n) is 3.36. The molecule has 9 heteroatoms. The van der Waals surface area contributed by atoms with Crippen LogP contribution >= 0.6 is 0 Å². The summed E-state index contributed by atoms with van der Waals surface area (Å²) in [6.07, 6.45) is 7.85. The van der Waals surface area contributed by atoms with Gasteiger partial charge in [-0.2, -0.15) is 5.26 Å². The predicted octanol–water partition coefficient (Wildman–Crippen LogP) is 3.44. The third-order valence-electron chi connectivity index (χ3n) is 4.86. The lowest BCUT2D eigenvalue weighted by Gasteiger charge is -2.32. The summed E-state index contributed by atoms with van der Waals surface area (Å²) in [6, 6.07) is 8.82. The maximum absolute atomic E-state index is 13.2. The molecule has 1 aliphatic rings. The number of nitrogens with one attached hydrogen (secondary N) is 2. The van der Waals surface area contributed by atoms with Crippen LogP contribution in [0.15, 0.2) is 49.2 Å². The Morgan fingerprint density at radius 1 is 1.30 bits per heavy atom. The van der Waals surface area contributed by atoms with Crippen LogP contribution in [0.5, 0.6) is 0 Å². The first-order valence-corrected chi connectivity index (χ1v) is 9.62. The van der Waals surface area contributed by atoms with Gasteiger partial charge in [-0.05, 0) is 44.0 Å². The molecule has 0 saturated heterocycles. The van der Waals surface area contributed by atoms with Gasteiger partial charge in [-0.3, -0.25) is 15.2 Å². The molecule has 150 valence electrons. The molecule has 0 unspecified atom stereocenters. The number of hydrogen-bond acceptors (Lipinski definition) is 7. The Hall–Kier alpha value is -4.06. The summed E-state index contributed by atoms with van der Waals surface area (Å²) >= 11 is 0. The van der Waals surface area contributed by atoms with E-state index in [1.165, 1.54) is 12.5 Å². The Morgan fingerprint density at radius 3 is 3.00 bits per heavy atom. The fourth-order valence-corrected chi connectivity index (χ4v) is 3.36. The van der Waals surface area contributed by atoms with Gasteiger partial charge in [-0.25, -0.2) is 19.7 Å². The van der Waals surface area contributed by atoms with Gasteiger partial charge in [0.05, 0.1) is 16.9 Å². The highest BCUT2D eigenvalue weighted by Gasteiger charge is 2.28. The molecule has 0 saturated carbocycles. The van der Waals surface area contributed by atoms with Crippen LogP contribution in [0.25, 0.3) is 11.3 Å². The maximum Gasteiger partial charge on any atom is 0.328 e. The lowest BCUT2D eigenvalue weighted by Crippen LogP contribution is -2.43. The van der Waals surface area contributed by atoms with E-state index in [2.05, 4.69) is 31.7 Å². The Kier molecular flexibility index (Phi) is 5.48. The SMILES string of the molecule is C[C@@H]1CCCNc2ccc(-c3cncc(C#N)c3)nc2N1C(=O)Nc1ccncn1. The third-order valence-corrected chi connectivity index (χ3v) is 4.86. The van der Waals surface area contributed by atoms with Gasteiger partial charge in [0.15, 0.2) is 5.82 Å². The van der Waals surface area contributed by atoms with E-state index < -0.39 is 0 Å². The minimum atomic E-state index is -0.320. The molecule has 3 aromatic rings. The minimum Gasteiger partial charge on any atom is -0.382 e. The first kappa shape index (κ1) is 19.3. The number of hydrogen-bond donors (Lipinski definition) is 2. The molecule has 0 bridgehead atoms. The second-order valence-corrected chi connectivity index (χ2v) is 6.95. The summed E-state index contributed by atoms with van der Waals surface area (Å²) in [6.45, 7) is 2.80. The molecule has 1 aliphatic heterocycles. The Labute approximate surface area is 173 Å². The van der Waals surface area contributed by atoms with Crippen molar-refractivity contribution in [2.24, 2.45) is 0 Å². The summed E-state index contributed by atoms with van der Waals surface area (Å²) in [5.41, 5.74) is 2.56. The number of aromatic nitrogens is 4. The summed E-state index contributed by atoms with van der Waals surface area (Å²) in [4.78, 5) is 31.7. The molecule has 9 nitrogen and oxygen atoms in total. The number of fused-ring (bicyclic) bond motifs is 1. The summed E-state index contributed by atoms with van der Waals surface area (Å²) in [5.74, 6) is 0.939. The average Bonchev–Trinajstić information content (AvgIpc) is 2.77. The van der Waals surface area contributed by atoms with Gasteiger partial charge in [0, 0.05) is 36.7 Å². The van der Waals surface area contributed by atoms with Crippen LogP contribution in [0.3, 0.4) is 0 Å². The quantitative estimate of drug-likeness (QED) is 0.676. The van der Waals surface area contributed by atoms with Crippen molar-refractivity contribution < 1.29 is 4.79 Å². The molecule has 0 fully saturated rings. The van der Waals surface area contributed by atoms with E-state index in [-0.39, 0.29) is 12.1 Å². The number of nitrogens with zero attached hydrogens (tertiary/aromatic N) is 6. The van der Waals surface area contributed by atoms with Gasteiger partial charge in [0.25, 0.3) is 0 Å².